The molecule has 0 aliphatic heterocycles. The van der Waals surface area contributed by atoms with Gasteiger partial charge in [0.25, 0.3) is 0 Å². The molecule has 0 aliphatic carbocycles. The molecule has 84 valence electrons. The third-order valence-corrected chi connectivity index (χ3v) is 2.86. The van der Waals surface area contributed by atoms with Crippen molar-refractivity contribution in [2.45, 2.75) is 27.2 Å². The van der Waals surface area contributed by atoms with Crippen LogP contribution in [0.4, 0.5) is 0 Å². The summed E-state index contributed by atoms with van der Waals surface area (Å²) in [4.78, 5) is 8.88. The van der Waals surface area contributed by atoms with E-state index in [2.05, 4.69) is 64.9 Å². The predicted octanol–water partition coefficient (Wildman–Crippen LogP) is 3.90. The zero-order valence-corrected chi connectivity index (χ0v) is 11.4. The van der Waals surface area contributed by atoms with Crippen molar-refractivity contribution < 1.29 is 0 Å². The third kappa shape index (κ3) is 2.40. The summed E-state index contributed by atoms with van der Waals surface area (Å²) in [6, 6.07) is 6.31. The van der Waals surface area contributed by atoms with E-state index < -0.39 is 0 Å². The molecule has 0 bridgehead atoms. The molecular formula is C13H15BrN2. The summed E-state index contributed by atoms with van der Waals surface area (Å²) in [6.07, 6.45) is 0.987. The van der Waals surface area contributed by atoms with Crippen molar-refractivity contribution in [3.8, 4) is 0 Å². The summed E-state index contributed by atoms with van der Waals surface area (Å²) in [5, 5.41) is 1.18. The molecule has 0 saturated carbocycles. The Morgan fingerprint density at radius 3 is 2.69 bits per heavy atom. The number of nitrogens with zero attached hydrogens (tertiary/aromatic N) is 2. The first-order chi connectivity index (χ1) is 7.56. The van der Waals surface area contributed by atoms with E-state index in [9.17, 15) is 0 Å². The van der Waals surface area contributed by atoms with Gasteiger partial charge in [-0.2, -0.15) is 0 Å². The maximum absolute atomic E-state index is 4.49. The molecule has 1 aromatic heterocycles. The Labute approximate surface area is 104 Å². The minimum absolute atomic E-state index is 0.602. The molecule has 1 aromatic carbocycles. The molecule has 2 nitrogen and oxygen atoms in total. The first-order valence-corrected chi connectivity index (χ1v) is 6.28. The minimum atomic E-state index is 0.602. The molecule has 0 fully saturated rings. The first-order valence-electron chi connectivity index (χ1n) is 5.49. The molecule has 0 unspecified atom stereocenters. The van der Waals surface area contributed by atoms with Crippen LogP contribution in [-0.4, -0.2) is 9.97 Å². The fourth-order valence-corrected chi connectivity index (χ4v) is 2.22. The number of aromatic nitrogens is 2. The number of hydrogen-bond acceptors (Lipinski definition) is 2. The third-order valence-electron chi connectivity index (χ3n) is 2.50. The van der Waals surface area contributed by atoms with Crippen molar-refractivity contribution in [3.05, 3.63) is 34.2 Å². The molecule has 0 amide bonds. The largest absolute Gasteiger partial charge is 0.227 e. The normalized spacial score (nSPS) is 11.3. The Morgan fingerprint density at radius 2 is 2.00 bits per heavy atom. The lowest BCUT2D eigenvalue weighted by molar-refractivity contribution is 0.637. The number of aryl methyl sites for hydroxylation is 1. The number of hydrogen-bond donors (Lipinski definition) is 0. The average molecular weight is 279 g/mol. The molecule has 2 rings (SSSR count). The van der Waals surface area contributed by atoms with Crippen molar-refractivity contribution >= 4 is 26.8 Å². The van der Waals surface area contributed by atoms with Crippen LogP contribution >= 0.6 is 15.9 Å². The van der Waals surface area contributed by atoms with E-state index >= 15 is 0 Å². The van der Waals surface area contributed by atoms with Gasteiger partial charge in [-0.15, -0.1) is 0 Å². The van der Waals surface area contributed by atoms with Gasteiger partial charge >= 0.3 is 0 Å². The zero-order valence-electron chi connectivity index (χ0n) is 9.79. The molecule has 16 heavy (non-hydrogen) atoms. The molecule has 2 aromatic rings. The fraction of sp³-hybridized carbons (Fsp3) is 0.385. The molecule has 3 heteroatoms. The van der Waals surface area contributed by atoms with Gasteiger partial charge in [-0.05, 0) is 47.3 Å². The molecule has 0 spiro atoms. The van der Waals surface area contributed by atoms with Crippen molar-refractivity contribution in [1.82, 2.24) is 9.97 Å². The molecule has 1 heterocycles. The van der Waals surface area contributed by atoms with Gasteiger partial charge in [0.2, 0.25) is 0 Å². The van der Waals surface area contributed by atoms with Crippen molar-refractivity contribution in [3.63, 3.8) is 0 Å². The van der Waals surface area contributed by atoms with Gasteiger partial charge in [0.15, 0.2) is 4.73 Å². The van der Waals surface area contributed by atoms with E-state index in [1.54, 1.807) is 0 Å². The number of benzene rings is 1. The summed E-state index contributed by atoms with van der Waals surface area (Å²) in [5.74, 6) is 0.602. The minimum Gasteiger partial charge on any atom is -0.227 e. The van der Waals surface area contributed by atoms with Gasteiger partial charge in [-0.1, -0.05) is 25.5 Å². The molecule has 0 saturated heterocycles. The Hall–Kier alpha value is -0.960. The van der Waals surface area contributed by atoms with Crippen molar-refractivity contribution in [2.75, 3.05) is 0 Å². The second kappa shape index (κ2) is 4.50. The number of halogens is 1. The lowest BCUT2D eigenvalue weighted by Crippen LogP contribution is -2.00. The second-order valence-electron chi connectivity index (χ2n) is 4.56. The quantitative estimate of drug-likeness (QED) is 0.779. The predicted molar refractivity (Wildman–Crippen MR) is 70.5 cm³/mol. The summed E-state index contributed by atoms with van der Waals surface area (Å²) in [6.45, 7) is 6.51. The average Bonchev–Trinajstić information content (AvgIpc) is 2.18. The van der Waals surface area contributed by atoms with E-state index in [0.29, 0.717) is 10.7 Å². The molecule has 0 atom stereocenters. The van der Waals surface area contributed by atoms with Crippen LogP contribution in [0.3, 0.4) is 0 Å². The van der Waals surface area contributed by atoms with Gasteiger partial charge in [0.1, 0.15) is 0 Å². The number of rotatable bonds is 2. The maximum Gasteiger partial charge on any atom is 0.197 e. The zero-order chi connectivity index (χ0) is 11.7. The van der Waals surface area contributed by atoms with E-state index in [1.165, 1.54) is 10.9 Å². The lowest BCUT2D eigenvalue weighted by Gasteiger charge is -2.09. The van der Waals surface area contributed by atoms with Crippen LogP contribution in [0.15, 0.2) is 22.9 Å². The Kier molecular flexibility index (Phi) is 3.24. The summed E-state index contributed by atoms with van der Waals surface area (Å²) >= 11 is 3.37. The summed E-state index contributed by atoms with van der Waals surface area (Å²) < 4.78 is 0.680. The van der Waals surface area contributed by atoms with E-state index in [1.807, 2.05) is 0 Å². The Morgan fingerprint density at radius 1 is 1.25 bits per heavy atom. The first kappa shape index (κ1) is 11.5. The topological polar surface area (TPSA) is 25.8 Å². The van der Waals surface area contributed by atoms with Crippen LogP contribution in [0.25, 0.3) is 10.9 Å². The second-order valence-corrected chi connectivity index (χ2v) is 5.27. The van der Waals surface area contributed by atoms with E-state index in [-0.39, 0.29) is 0 Å². The fourth-order valence-electron chi connectivity index (χ4n) is 1.82. The Bertz CT molecular complexity index is 521. The van der Waals surface area contributed by atoms with Gasteiger partial charge in [-0.25, -0.2) is 9.97 Å². The summed E-state index contributed by atoms with van der Waals surface area (Å²) in [7, 11) is 0. The molecule has 0 radical (unpaired) electrons. The SMILES string of the molecule is Cc1ccc2nc(Br)nc(CC(C)C)c2c1. The van der Waals surface area contributed by atoms with Crippen LogP contribution in [-0.2, 0) is 6.42 Å². The molecule has 0 aliphatic rings. The molecule has 0 N–H and O–H groups in total. The number of fused-ring (bicyclic) bond motifs is 1. The maximum atomic E-state index is 4.49. The Balaban J connectivity index is 2.64. The monoisotopic (exact) mass is 278 g/mol. The van der Waals surface area contributed by atoms with Crippen LogP contribution < -0.4 is 0 Å². The highest BCUT2D eigenvalue weighted by Crippen LogP contribution is 2.21. The van der Waals surface area contributed by atoms with Crippen LogP contribution in [0.1, 0.15) is 25.1 Å². The smallest absolute Gasteiger partial charge is 0.197 e. The van der Waals surface area contributed by atoms with Gasteiger partial charge in [0.05, 0.1) is 11.2 Å². The van der Waals surface area contributed by atoms with Crippen LogP contribution in [0.5, 0.6) is 0 Å². The van der Waals surface area contributed by atoms with E-state index in [4.69, 9.17) is 0 Å². The van der Waals surface area contributed by atoms with Crippen LogP contribution in [0.2, 0.25) is 0 Å². The van der Waals surface area contributed by atoms with Gasteiger partial charge in [-0.3, -0.25) is 0 Å². The highest BCUT2D eigenvalue weighted by molar-refractivity contribution is 9.10. The van der Waals surface area contributed by atoms with Crippen molar-refractivity contribution in [2.24, 2.45) is 5.92 Å². The summed E-state index contributed by atoms with van der Waals surface area (Å²) in [5.41, 5.74) is 3.40. The van der Waals surface area contributed by atoms with Gasteiger partial charge in [0, 0.05) is 5.39 Å². The van der Waals surface area contributed by atoms with Crippen LogP contribution in [0, 0.1) is 12.8 Å². The molecular weight excluding hydrogens is 264 g/mol. The van der Waals surface area contributed by atoms with Gasteiger partial charge < -0.3 is 0 Å². The van der Waals surface area contributed by atoms with Crippen molar-refractivity contribution in [1.29, 1.82) is 0 Å². The van der Waals surface area contributed by atoms with E-state index in [0.717, 1.165) is 17.6 Å². The standard InChI is InChI=1S/C13H15BrN2/c1-8(2)6-12-10-7-9(3)4-5-11(10)15-13(14)16-12/h4-5,7-8H,6H2,1-3H3. The highest BCUT2D eigenvalue weighted by Gasteiger charge is 2.08. The highest BCUT2D eigenvalue weighted by atomic mass is 79.9. The lowest BCUT2D eigenvalue weighted by atomic mass is 10.0.